The number of halogens is 1. The van der Waals surface area contributed by atoms with Gasteiger partial charge in [0, 0.05) is 35.1 Å². The van der Waals surface area contributed by atoms with Crippen molar-refractivity contribution in [1.29, 1.82) is 0 Å². The lowest BCUT2D eigenvalue weighted by molar-refractivity contribution is -0.119. The van der Waals surface area contributed by atoms with E-state index in [4.69, 9.17) is 10.5 Å². The van der Waals surface area contributed by atoms with E-state index in [-0.39, 0.29) is 25.0 Å². The molecule has 0 aromatic heterocycles. The Kier molecular flexibility index (Phi) is 9.42. The SMILES string of the molecule is NC(=O)CCNC(=O)C1=CC(NC(=O)Nc2ccccc2Br)C(O)C(OC(=O)Nc2ccccc2)C1. The number of aliphatic hydroxyl groups is 1. The quantitative estimate of drug-likeness (QED) is 0.289. The average molecular weight is 560 g/mol. The van der Waals surface area contributed by atoms with Gasteiger partial charge in [-0.3, -0.25) is 14.9 Å². The number of carbonyl (C=O) groups excluding carboxylic acids is 4. The first-order chi connectivity index (χ1) is 17.2. The van der Waals surface area contributed by atoms with E-state index in [0.29, 0.717) is 15.8 Å². The van der Waals surface area contributed by atoms with Crippen LogP contribution >= 0.6 is 15.9 Å². The number of rotatable bonds is 8. The first-order valence-electron chi connectivity index (χ1n) is 11.0. The molecule has 0 bridgehead atoms. The zero-order valence-corrected chi connectivity index (χ0v) is 20.7. The average Bonchev–Trinajstić information content (AvgIpc) is 2.83. The maximum absolute atomic E-state index is 12.7. The summed E-state index contributed by atoms with van der Waals surface area (Å²) in [5.41, 5.74) is 6.24. The van der Waals surface area contributed by atoms with Gasteiger partial charge in [0.25, 0.3) is 0 Å². The molecule has 2 aromatic carbocycles. The van der Waals surface area contributed by atoms with Crippen LogP contribution in [0.2, 0.25) is 0 Å². The van der Waals surface area contributed by atoms with Crippen LogP contribution in [0.3, 0.4) is 0 Å². The molecule has 7 N–H and O–H groups in total. The number of hydrogen-bond acceptors (Lipinski definition) is 6. The normalized spacial score (nSPS) is 18.8. The van der Waals surface area contributed by atoms with Crippen molar-refractivity contribution in [3.05, 3.63) is 70.7 Å². The van der Waals surface area contributed by atoms with Gasteiger partial charge in [-0.15, -0.1) is 0 Å². The van der Waals surface area contributed by atoms with E-state index in [2.05, 4.69) is 37.2 Å². The number of primary amides is 1. The first-order valence-corrected chi connectivity index (χ1v) is 11.8. The highest BCUT2D eigenvalue weighted by Crippen LogP contribution is 2.24. The minimum Gasteiger partial charge on any atom is -0.443 e. The van der Waals surface area contributed by atoms with Crippen molar-refractivity contribution < 1.29 is 29.0 Å². The fraction of sp³-hybridized carbons (Fsp3) is 0.250. The number of nitrogens with two attached hydrogens (primary N) is 1. The summed E-state index contributed by atoms with van der Waals surface area (Å²) in [5.74, 6) is -1.12. The molecule has 36 heavy (non-hydrogen) atoms. The second kappa shape index (κ2) is 12.7. The summed E-state index contributed by atoms with van der Waals surface area (Å²) >= 11 is 3.33. The van der Waals surface area contributed by atoms with Crippen LogP contribution in [0.5, 0.6) is 0 Å². The van der Waals surface area contributed by atoms with Crippen molar-refractivity contribution in [3.8, 4) is 0 Å². The Morgan fingerprint density at radius 1 is 1.03 bits per heavy atom. The van der Waals surface area contributed by atoms with Crippen molar-refractivity contribution in [2.75, 3.05) is 17.2 Å². The fourth-order valence-electron chi connectivity index (χ4n) is 3.45. The van der Waals surface area contributed by atoms with Gasteiger partial charge >= 0.3 is 12.1 Å². The minimum atomic E-state index is -1.35. The highest BCUT2D eigenvalue weighted by molar-refractivity contribution is 9.10. The molecule has 190 valence electrons. The van der Waals surface area contributed by atoms with E-state index in [1.807, 2.05) is 0 Å². The number of nitrogens with one attached hydrogen (secondary N) is 4. The molecule has 2 aromatic rings. The Hall–Kier alpha value is -3.90. The van der Waals surface area contributed by atoms with Gasteiger partial charge < -0.3 is 31.5 Å². The fourth-order valence-corrected chi connectivity index (χ4v) is 3.83. The zero-order valence-electron chi connectivity index (χ0n) is 19.1. The van der Waals surface area contributed by atoms with Gasteiger partial charge in [0.05, 0.1) is 11.7 Å². The lowest BCUT2D eigenvalue weighted by atomic mass is 9.90. The van der Waals surface area contributed by atoms with Crippen molar-refractivity contribution >= 4 is 51.2 Å². The molecule has 11 nitrogen and oxygen atoms in total. The molecule has 3 atom stereocenters. The van der Waals surface area contributed by atoms with Crippen LogP contribution in [0.4, 0.5) is 21.0 Å². The van der Waals surface area contributed by atoms with Crippen LogP contribution in [-0.4, -0.2) is 53.8 Å². The Labute approximate surface area is 215 Å². The van der Waals surface area contributed by atoms with E-state index < -0.39 is 42.2 Å². The Morgan fingerprint density at radius 2 is 1.72 bits per heavy atom. The molecule has 0 fully saturated rings. The lowest BCUT2D eigenvalue weighted by Gasteiger charge is -2.33. The number of para-hydroxylation sites is 2. The maximum Gasteiger partial charge on any atom is 0.411 e. The van der Waals surface area contributed by atoms with E-state index >= 15 is 0 Å². The number of aliphatic hydroxyl groups excluding tert-OH is 1. The van der Waals surface area contributed by atoms with Crippen LogP contribution in [0.15, 0.2) is 70.7 Å². The van der Waals surface area contributed by atoms with Gasteiger partial charge in [-0.1, -0.05) is 36.4 Å². The van der Waals surface area contributed by atoms with Gasteiger partial charge in [-0.05, 0) is 40.2 Å². The second-order valence-electron chi connectivity index (χ2n) is 7.90. The third-order valence-corrected chi connectivity index (χ3v) is 5.89. The third kappa shape index (κ3) is 7.82. The molecule has 0 spiro atoms. The summed E-state index contributed by atoms with van der Waals surface area (Å²) in [5, 5.41) is 21.2. The van der Waals surface area contributed by atoms with E-state index in [1.54, 1.807) is 54.6 Å². The van der Waals surface area contributed by atoms with Crippen molar-refractivity contribution in [1.82, 2.24) is 10.6 Å². The van der Waals surface area contributed by atoms with Gasteiger partial charge in [0.15, 0.2) is 0 Å². The predicted octanol–water partition coefficient (Wildman–Crippen LogP) is 2.24. The van der Waals surface area contributed by atoms with Crippen molar-refractivity contribution in [2.45, 2.75) is 31.1 Å². The summed E-state index contributed by atoms with van der Waals surface area (Å²) in [4.78, 5) is 48.7. The number of urea groups is 1. The molecule has 0 saturated carbocycles. The van der Waals surface area contributed by atoms with Gasteiger partial charge in [0.1, 0.15) is 12.2 Å². The molecule has 0 heterocycles. The molecule has 5 amide bonds. The Morgan fingerprint density at radius 3 is 2.42 bits per heavy atom. The zero-order chi connectivity index (χ0) is 26.1. The van der Waals surface area contributed by atoms with Crippen LogP contribution in [0, 0.1) is 0 Å². The van der Waals surface area contributed by atoms with Crippen LogP contribution < -0.4 is 27.0 Å². The largest absolute Gasteiger partial charge is 0.443 e. The Balaban J connectivity index is 1.73. The molecule has 3 rings (SSSR count). The second-order valence-corrected chi connectivity index (χ2v) is 8.75. The lowest BCUT2D eigenvalue weighted by Crippen LogP contribution is -2.53. The number of ether oxygens (including phenoxy) is 1. The van der Waals surface area contributed by atoms with Gasteiger partial charge in [-0.2, -0.15) is 0 Å². The number of carbonyl (C=O) groups is 4. The monoisotopic (exact) mass is 559 g/mol. The van der Waals surface area contributed by atoms with Crippen molar-refractivity contribution in [2.24, 2.45) is 5.73 Å². The standard InChI is InChI=1S/C24H26BrN5O6/c25-16-8-4-5-9-17(16)29-23(34)30-18-12-14(22(33)27-11-10-20(26)31)13-19(21(18)32)36-24(35)28-15-6-2-1-3-7-15/h1-9,12,18-19,21,32H,10-11,13H2,(H2,26,31)(H,27,33)(H,28,35)(H2,29,30,34). The molecule has 3 unspecified atom stereocenters. The van der Waals surface area contributed by atoms with E-state index in [0.717, 1.165) is 0 Å². The smallest absolute Gasteiger partial charge is 0.411 e. The summed E-state index contributed by atoms with van der Waals surface area (Å²) in [6, 6.07) is 13.8. The summed E-state index contributed by atoms with van der Waals surface area (Å²) < 4.78 is 6.05. The minimum absolute atomic E-state index is 0.00862. The van der Waals surface area contributed by atoms with E-state index in [1.165, 1.54) is 6.08 Å². The molecular formula is C24H26BrN5O6. The number of amides is 5. The van der Waals surface area contributed by atoms with Crippen molar-refractivity contribution in [3.63, 3.8) is 0 Å². The van der Waals surface area contributed by atoms with Crippen LogP contribution in [-0.2, 0) is 14.3 Å². The maximum atomic E-state index is 12.7. The van der Waals surface area contributed by atoms with Crippen LogP contribution in [0.25, 0.3) is 0 Å². The molecular weight excluding hydrogens is 534 g/mol. The molecule has 1 aliphatic rings. The Bertz CT molecular complexity index is 1140. The van der Waals surface area contributed by atoms with Gasteiger partial charge in [0.2, 0.25) is 11.8 Å². The number of benzene rings is 2. The summed E-state index contributed by atoms with van der Waals surface area (Å²) in [6.45, 7) is 0.00862. The van der Waals surface area contributed by atoms with E-state index in [9.17, 15) is 24.3 Å². The van der Waals surface area contributed by atoms with Gasteiger partial charge in [-0.25, -0.2) is 9.59 Å². The topological polar surface area (TPSA) is 172 Å². The van der Waals surface area contributed by atoms with Crippen LogP contribution in [0.1, 0.15) is 12.8 Å². The third-order valence-electron chi connectivity index (χ3n) is 5.20. The number of hydrogen-bond donors (Lipinski definition) is 6. The molecule has 0 aliphatic heterocycles. The molecule has 0 radical (unpaired) electrons. The highest BCUT2D eigenvalue weighted by Gasteiger charge is 2.37. The summed E-state index contributed by atoms with van der Waals surface area (Å²) in [6.07, 6.45) is -2.12. The highest BCUT2D eigenvalue weighted by atomic mass is 79.9. The molecule has 12 heteroatoms. The number of anilines is 2. The first kappa shape index (κ1) is 26.7. The predicted molar refractivity (Wildman–Crippen MR) is 136 cm³/mol. The summed E-state index contributed by atoms with van der Waals surface area (Å²) in [7, 11) is 0. The molecule has 1 aliphatic carbocycles. The molecule has 0 saturated heterocycles.